The van der Waals surface area contributed by atoms with Gasteiger partial charge in [-0.2, -0.15) is 0 Å². The normalized spacial score (nSPS) is 11.1. The molecule has 6 heteroatoms. The Morgan fingerprint density at radius 1 is 1.15 bits per heavy atom. The molecule has 0 bridgehead atoms. The number of benzene rings is 2. The quantitative estimate of drug-likeness (QED) is 0.485. The number of ether oxygens (including phenoxy) is 1. The number of methoxy groups -OCH3 is 1. The average Bonchev–Trinajstić information content (AvgIpc) is 3.10. The second-order valence-electron chi connectivity index (χ2n) is 6.05. The number of carbonyl (C=O) groups is 1. The maximum Gasteiger partial charge on any atom is 0.268 e. The summed E-state index contributed by atoms with van der Waals surface area (Å²) in [6, 6.07) is 15.8. The summed E-state index contributed by atoms with van der Waals surface area (Å²) in [6.45, 7) is 2.21. The van der Waals surface area contributed by atoms with Gasteiger partial charge in [0.15, 0.2) is 0 Å². The Hall–Kier alpha value is -2.99. The van der Waals surface area contributed by atoms with Crippen LogP contribution in [0.2, 0.25) is 0 Å². The van der Waals surface area contributed by atoms with E-state index >= 15 is 0 Å². The van der Waals surface area contributed by atoms with E-state index in [1.54, 1.807) is 25.3 Å². The molecule has 136 valence electrons. The lowest BCUT2D eigenvalue weighted by Crippen LogP contribution is -2.30. The van der Waals surface area contributed by atoms with Gasteiger partial charge in [0.25, 0.3) is 5.91 Å². The fourth-order valence-electron chi connectivity index (χ4n) is 3.07. The molecule has 27 heavy (non-hydrogen) atoms. The SMILES string of the molecule is CCN(C(=O)c1cc2cc3cc(OC)ccc3nc2s1)c1ccccc1F. The number of fused-ring (bicyclic) bond motifs is 2. The lowest BCUT2D eigenvalue weighted by Gasteiger charge is -2.20. The molecule has 0 atom stereocenters. The molecule has 4 aromatic rings. The molecule has 0 unspecified atom stereocenters. The molecule has 0 N–H and O–H groups in total. The van der Waals surface area contributed by atoms with E-state index in [1.165, 1.54) is 22.3 Å². The molecular formula is C21H17FN2O2S. The van der Waals surface area contributed by atoms with Crippen molar-refractivity contribution in [1.82, 2.24) is 4.98 Å². The maximum absolute atomic E-state index is 14.2. The van der Waals surface area contributed by atoms with Crippen LogP contribution in [0.3, 0.4) is 0 Å². The van der Waals surface area contributed by atoms with Crippen molar-refractivity contribution in [2.75, 3.05) is 18.6 Å². The van der Waals surface area contributed by atoms with Gasteiger partial charge >= 0.3 is 0 Å². The zero-order valence-corrected chi connectivity index (χ0v) is 15.7. The Morgan fingerprint density at radius 2 is 1.96 bits per heavy atom. The van der Waals surface area contributed by atoms with Gasteiger partial charge in [-0.3, -0.25) is 4.79 Å². The third-order valence-corrected chi connectivity index (χ3v) is 5.46. The van der Waals surface area contributed by atoms with Crippen molar-refractivity contribution in [3.05, 3.63) is 65.3 Å². The van der Waals surface area contributed by atoms with E-state index in [0.29, 0.717) is 11.4 Å². The minimum atomic E-state index is -0.412. The zero-order chi connectivity index (χ0) is 19.0. The molecule has 1 amide bonds. The van der Waals surface area contributed by atoms with Crippen molar-refractivity contribution in [1.29, 1.82) is 0 Å². The lowest BCUT2D eigenvalue weighted by molar-refractivity contribution is 0.0991. The molecule has 0 spiro atoms. The van der Waals surface area contributed by atoms with Crippen molar-refractivity contribution in [3.8, 4) is 5.75 Å². The van der Waals surface area contributed by atoms with Gasteiger partial charge in [-0.1, -0.05) is 12.1 Å². The van der Waals surface area contributed by atoms with Gasteiger partial charge in [-0.25, -0.2) is 9.37 Å². The third-order valence-electron chi connectivity index (χ3n) is 4.42. The first-order valence-electron chi connectivity index (χ1n) is 8.55. The zero-order valence-electron chi connectivity index (χ0n) is 14.9. The monoisotopic (exact) mass is 380 g/mol. The first-order chi connectivity index (χ1) is 13.1. The number of amides is 1. The van der Waals surface area contributed by atoms with Crippen molar-refractivity contribution in [2.24, 2.45) is 0 Å². The summed E-state index contributed by atoms with van der Waals surface area (Å²) in [5, 5.41) is 1.83. The van der Waals surface area contributed by atoms with Gasteiger partial charge in [-0.15, -0.1) is 11.3 Å². The highest BCUT2D eigenvalue weighted by Gasteiger charge is 2.21. The highest BCUT2D eigenvalue weighted by atomic mass is 32.1. The summed E-state index contributed by atoms with van der Waals surface area (Å²) in [4.78, 5) is 20.4. The van der Waals surface area contributed by atoms with Crippen LogP contribution in [0.5, 0.6) is 5.75 Å². The number of thiophene rings is 1. The predicted molar refractivity (Wildman–Crippen MR) is 107 cm³/mol. The van der Waals surface area contributed by atoms with E-state index in [2.05, 4.69) is 4.98 Å². The summed E-state index contributed by atoms with van der Waals surface area (Å²) in [7, 11) is 1.62. The molecule has 4 nitrogen and oxygen atoms in total. The highest BCUT2D eigenvalue weighted by Crippen LogP contribution is 2.31. The standard InChI is InChI=1S/C21H17FN2O2S/c1-3-24(18-7-5-4-6-16(18)22)21(25)19-12-14-10-13-11-15(26-2)8-9-17(13)23-20(14)27-19/h4-12H,3H2,1-2H3. The minimum Gasteiger partial charge on any atom is -0.497 e. The van der Waals surface area contributed by atoms with Crippen LogP contribution in [0.15, 0.2) is 54.6 Å². The van der Waals surface area contributed by atoms with Crippen LogP contribution in [0.4, 0.5) is 10.1 Å². The number of hydrogen-bond acceptors (Lipinski definition) is 4. The van der Waals surface area contributed by atoms with Crippen LogP contribution in [0.25, 0.3) is 21.1 Å². The van der Waals surface area contributed by atoms with Crippen molar-refractivity contribution >= 4 is 44.1 Å². The highest BCUT2D eigenvalue weighted by molar-refractivity contribution is 7.20. The Labute approximate surface area is 159 Å². The second kappa shape index (κ2) is 6.96. The third kappa shape index (κ3) is 3.13. The number of para-hydroxylation sites is 1. The summed E-state index contributed by atoms with van der Waals surface area (Å²) < 4.78 is 19.4. The fraction of sp³-hybridized carbons (Fsp3) is 0.143. The molecule has 2 aromatic heterocycles. The number of anilines is 1. The van der Waals surface area contributed by atoms with E-state index in [9.17, 15) is 9.18 Å². The first-order valence-corrected chi connectivity index (χ1v) is 9.37. The van der Waals surface area contributed by atoms with Gasteiger partial charge in [0.2, 0.25) is 0 Å². The van der Waals surface area contributed by atoms with Crippen LogP contribution in [0, 0.1) is 5.82 Å². The minimum absolute atomic E-state index is 0.229. The van der Waals surface area contributed by atoms with Crippen molar-refractivity contribution < 1.29 is 13.9 Å². The van der Waals surface area contributed by atoms with Crippen LogP contribution in [-0.4, -0.2) is 24.5 Å². The lowest BCUT2D eigenvalue weighted by atomic mass is 10.2. The topological polar surface area (TPSA) is 42.4 Å². The van der Waals surface area contributed by atoms with Crippen molar-refractivity contribution in [3.63, 3.8) is 0 Å². The Kier molecular flexibility index (Phi) is 4.49. The fourth-order valence-corrected chi connectivity index (χ4v) is 4.04. The molecular weight excluding hydrogens is 363 g/mol. The number of carbonyl (C=O) groups excluding carboxylic acids is 1. The molecule has 4 rings (SSSR count). The smallest absolute Gasteiger partial charge is 0.268 e. The number of rotatable bonds is 4. The van der Waals surface area contributed by atoms with Crippen molar-refractivity contribution in [2.45, 2.75) is 6.92 Å². The Balaban J connectivity index is 1.77. The predicted octanol–water partition coefficient (Wildman–Crippen LogP) is 5.26. The molecule has 0 aliphatic rings. The van der Waals surface area contributed by atoms with E-state index in [1.807, 2.05) is 37.3 Å². The number of nitrogens with zero attached hydrogens (tertiary/aromatic N) is 2. The molecule has 0 fully saturated rings. The molecule has 2 aromatic carbocycles. The van der Waals surface area contributed by atoms with Gasteiger partial charge < -0.3 is 9.64 Å². The van der Waals surface area contributed by atoms with Crippen LogP contribution < -0.4 is 9.64 Å². The summed E-state index contributed by atoms with van der Waals surface area (Å²) in [5.74, 6) is 0.115. The largest absolute Gasteiger partial charge is 0.497 e. The van der Waals surface area contributed by atoms with E-state index in [0.717, 1.165) is 26.9 Å². The van der Waals surface area contributed by atoms with Crippen LogP contribution in [-0.2, 0) is 0 Å². The van der Waals surface area contributed by atoms with Crippen LogP contribution in [0.1, 0.15) is 16.6 Å². The maximum atomic E-state index is 14.2. The van der Waals surface area contributed by atoms with E-state index in [4.69, 9.17) is 4.74 Å². The van der Waals surface area contributed by atoms with E-state index in [-0.39, 0.29) is 11.6 Å². The summed E-state index contributed by atoms with van der Waals surface area (Å²) in [6.07, 6.45) is 0. The first kappa shape index (κ1) is 17.4. The van der Waals surface area contributed by atoms with Gasteiger partial charge in [0.1, 0.15) is 16.4 Å². The van der Waals surface area contributed by atoms with Crippen LogP contribution >= 0.6 is 11.3 Å². The number of hydrogen-bond donors (Lipinski definition) is 0. The van der Waals surface area contributed by atoms with E-state index < -0.39 is 5.82 Å². The average molecular weight is 380 g/mol. The number of halogens is 1. The van der Waals surface area contributed by atoms with Gasteiger partial charge in [-0.05, 0) is 49.4 Å². The Bertz CT molecular complexity index is 1160. The molecule has 0 aliphatic carbocycles. The molecule has 0 saturated heterocycles. The second-order valence-corrected chi connectivity index (χ2v) is 7.08. The van der Waals surface area contributed by atoms with Gasteiger partial charge in [0.05, 0.1) is 23.2 Å². The number of aromatic nitrogens is 1. The molecule has 2 heterocycles. The molecule has 0 saturated carbocycles. The van der Waals surface area contributed by atoms with Gasteiger partial charge in [0, 0.05) is 17.3 Å². The number of pyridine rings is 1. The molecule has 0 radical (unpaired) electrons. The Morgan fingerprint density at radius 3 is 2.70 bits per heavy atom. The summed E-state index contributed by atoms with van der Waals surface area (Å²) >= 11 is 1.32. The molecule has 0 aliphatic heterocycles. The summed E-state index contributed by atoms with van der Waals surface area (Å²) in [5.41, 5.74) is 1.12.